The molecule has 1 heterocycles. The van der Waals surface area contributed by atoms with Crippen LogP contribution in [0, 0.1) is 18.6 Å². The number of hydrogen-bond donors (Lipinski definition) is 4. The van der Waals surface area contributed by atoms with E-state index >= 15 is 0 Å². The van der Waals surface area contributed by atoms with Crippen LogP contribution < -0.4 is 16.2 Å². The summed E-state index contributed by atoms with van der Waals surface area (Å²) in [7, 11) is 0. The van der Waals surface area contributed by atoms with Crippen LogP contribution in [-0.4, -0.2) is 26.8 Å². The summed E-state index contributed by atoms with van der Waals surface area (Å²) in [4.78, 5) is 36.5. The molecule has 2 amide bonds. The second kappa shape index (κ2) is 9.94. The fourth-order valence-electron chi connectivity index (χ4n) is 3.19. The first kappa shape index (κ1) is 23.5. The Morgan fingerprint density at radius 3 is 2.45 bits per heavy atom. The molecule has 2 aromatic carbocycles. The van der Waals surface area contributed by atoms with Crippen molar-refractivity contribution in [2.24, 2.45) is 0 Å². The van der Waals surface area contributed by atoms with Crippen LogP contribution in [0.5, 0.6) is 5.75 Å². The van der Waals surface area contributed by atoms with Gasteiger partial charge in [-0.3, -0.25) is 9.59 Å². The van der Waals surface area contributed by atoms with Crippen molar-refractivity contribution in [1.82, 2.24) is 9.88 Å². The van der Waals surface area contributed by atoms with Crippen LogP contribution >= 0.6 is 0 Å². The van der Waals surface area contributed by atoms with Gasteiger partial charge >= 0.3 is 12.0 Å². The molecule has 4 N–H and O–H groups in total. The largest absolute Gasteiger partial charge is 0.505 e. The summed E-state index contributed by atoms with van der Waals surface area (Å²) in [6.07, 6.45) is 0.755. The van der Waals surface area contributed by atoms with Gasteiger partial charge in [0.1, 0.15) is 17.4 Å². The highest BCUT2D eigenvalue weighted by Gasteiger charge is 2.20. The first-order valence-electron chi connectivity index (χ1n) is 9.86. The summed E-state index contributed by atoms with van der Waals surface area (Å²) in [5.41, 5.74) is 0.0269. The number of pyridine rings is 1. The smallest absolute Gasteiger partial charge is 0.319 e. The fraction of sp³-hybridized carbons (Fsp3) is 0.174. The molecule has 1 aromatic heterocycles. The maximum atomic E-state index is 14.0. The summed E-state index contributed by atoms with van der Waals surface area (Å²) < 4.78 is 28.4. The predicted molar refractivity (Wildman–Crippen MR) is 116 cm³/mol. The molecule has 8 nitrogen and oxygen atoms in total. The minimum absolute atomic E-state index is 0.0981. The van der Waals surface area contributed by atoms with Crippen LogP contribution in [0.2, 0.25) is 0 Å². The third kappa shape index (κ3) is 5.94. The molecule has 0 aliphatic rings. The Morgan fingerprint density at radius 1 is 1.09 bits per heavy atom. The number of halogens is 2. The number of aryl methyl sites for hydroxylation is 1. The van der Waals surface area contributed by atoms with Crippen molar-refractivity contribution in [1.29, 1.82) is 0 Å². The number of carboxylic acids is 1. The quantitative estimate of drug-likeness (QED) is 0.433. The Labute approximate surface area is 187 Å². The molecule has 0 spiro atoms. The molecule has 1 atom stereocenters. The monoisotopic (exact) mass is 457 g/mol. The van der Waals surface area contributed by atoms with Crippen LogP contribution in [0.3, 0.4) is 0 Å². The Bertz CT molecular complexity index is 1240. The van der Waals surface area contributed by atoms with Gasteiger partial charge in [0.05, 0.1) is 19.0 Å². The van der Waals surface area contributed by atoms with E-state index in [0.717, 1.165) is 34.4 Å². The molecule has 172 valence electrons. The molecule has 33 heavy (non-hydrogen) atoms. The number of aromatic nitrogens is 1. The van der Waals surface area contributed by atoms with Crippen molar-refractivity contribution in [2.45, 2.75) is 25.9 Å². The summed E-state index contributed by atoms with van der Waals surface area (Å²) >= 11 is 0. The summed E-state index contributed by atoms with van der Waals surface area (Å²) in [6, 6.07) is 8.95. The standard InChI is InChI=1S/C23H21F2N3O5/c1-13-2-4-14(5-3-13)18(11-20(30)31)26-23(33)27-21-19(29)8-9-28(22(21)32)12-15-10-16(24)6-7-17(15)25/h2-10,18,29H,11-12H2,1H3,(H,30,31)(H2,26,27,33)/t18-/m0/s1. The van der Waals surface area contributed by atoms with E-state index in [0.29, 0.717) is 5.56 Å². The number of aliphatic carboxylic acids is 1. The number of anilines is 1. The normalized spacial score (nSPS) is 11.6. The van der Waals surface area contributed by atoms with Crippen molar-refractivity contribution in [3.8, 4) is 5.75 Å². The van der Waals surface area contributed by atoms with Gasteiger partial charge in [0, 0.05) is 11.8 Å². The van der Waals surface area contributed by atoms with E-state index in [-0.39, 0.29) is 12.1 Å². The number of carbonyl (C=O) groups is 2. The maximum absolute atomic E-state index is 14.0. The first-order valence-corrected chi connectivity index (χ1v) is 9.86. The van der Waals surface area contributed by atoms with Gasteiger partial charge in [-0.05, 0) is 36.8 Å². The molecule has 0 saturated heterocycles. The number of amides is 2. The Morgan fingerprint density at radius 2 is 1.79 bits per heavy atom. The van der Waals surface area contributed by atoms with Crippen LogP contribution in [0.25, 0.3) is 0 Å². The summed E-state index contributed by atoms with van der Waals surface area (Å²) in [5.74, 6) is -3.10. The lowest BCUT2D eigenvalue weighted by Crippen LogP contribution is -2.36. The van der Waals surface area contributed by atoms with Crippen molar-refractivity contribution in [2.75, 3.05) is 5.32 Å². The molecule has 0 radical (unpaired) electrons. The highest BCUT2D eigenvalue weighted by molar-refractivity contribution is 5.91. The number of carboxylic acid groups (broad SMARTS) is 1. The highest BCUT2D eigenvalue weighted by Crippen LogP contribution is 2.21. The second-order valence-corrected chi connectivity index (χ2v) is 7.40. The van der Waals surface area contributed by atoms with Crippen molar-refractivity contribution < 1.29 is 28.6 Å². The third-order valence-electron chi connectivity index (χ3n) is 4.89. The number of aromatic hydroxyl groups is 1. The van der Waals surface area contributed by atoms with E-state index in [1.165, 1.54) is 6.20 Å². The average molecular weight is 457 g/mol. The molecule has 0 aliphatic heterocycles. The summed E-state index contributed by atoms with van der Waals surface area (Å²) in [6.45, 7) is 1.51. The van der Waals surface area contributed by atoms with E-state index < -0.39 is 53.1 Å². The second-order valence-electron chi connectivity index (χ2n) is 7.40. The van der Waals surface area contributed by atoms with E-state index in [1.54, 1.807) is 24.3 Å². The Kier molecular flexibility index (Phi) is 7.07. The predicted octanol–water partition coefficient (Wildman–Crippen LogP) is 3.53. The lowest BCUT2D eigenvalue weighted by molar-refractivity contribution is -0.137. The molecule has 0 aliphatic carbocycles. The van der Waals surface area contributed by atoms with Crippen LogP contribution in [0.15, 0.2) is 59.5 Å². The number of benzene rings is 2. The van der Waals surface area contributed by atoms with E-state index in [4.69, 9.17) is 0 Å². The van der Waals surface area contributed by atoms with Gasteiger partial charge in [0.2, 0.25) is 0 Å². The molecular formula is C23H21F2N3O5. The van der Waals surface area contributed by atoms with Gasteiger partial charge in [0.15, 0.2) is 5.69 Å². The Balaban J connectivity index is 1.82. The lowest BCUT2D eigenvalue weighted by atomic mass is 10.0. The number of nitrogens with one attached hydrogen (secondary N) is 2. The average Bonchev–Trinajstić information content (AvgIpc) is 2.75. The fourth-order valence-corrected chi connectivity index (χ4v) is 3.19. The molecule has 0 bridgehead atoms. The zero-order valence-corrected chi connectivity index (χ0v) is 17.5. The molecular weight excluding hydrogens is 436 g/mol. The van der Waals surface area contributed by atoms with Gasteiger partial charge in [-0.15, -0.1) is 0 Å². The van der Waals surface area contributed by atoms with Crippen molar-refractivity contribution >= 4 is 17.7 Å². The maximum Gasteiger partial charge on any atom is 0.319 e. The molecule has 3 aromatic rings. The third-order valence-corrected chi connectivity index (χ3v) is 4.89. The van der Waals surface area contributed by atoms with Gasteiger partial charge in [-0.25, -0.2) is 13.6 Å². The van der Waals surface area contributed by atoms with E-state index in [1.807, 2.05) is 6.92 Å². The van der Waals surface area contributed by atoms with Crippen molar-refractivity contribution in [3.05, 3.63) is 93.4 Å². The number of carbonyl (C=O) groups excluding carboxylic acids is 1. The summed E-state index contributed by atoms with van der Waals surface area (Å²) in [5, 5.41) is 24.0. The minimum Gasteiger partial charge on any atom is -0.505 e. The van der Waals surface area contributed by atoms with Crippen LogP contribution in [0.1, 0.15) is 29.2 Å². The van der Waals surface area contributed by atoms with Gasteiger partial charge in [0.25, 0.3) is 5.56 Å². The first-order chi connectivity index (χ1) is 15.6. The van der Waals surface area contributed by atoms with Gasteiger partial charge in [-0.2, -0.15) is 0 Å². The zero-order chi connectivity index (χ0) is 24.1. The molecule has 0 fully saturated rings. The van der Waals surface area contributed by atoms with Gasteiger partial charge < -0.3 is 25.4 Å². The number of hydrogen-bond acceptors (Lipinski definition) is 4. The number of rotatable bonds is 7. The topological polar surface area (TPSA) is 121 Å². The Hall–Kier alpha value is -4.21. The zero-order valence-electron chi connectivity index (χ0n) is 17.5. The minimum atomic E-state index is -1.15. The van der Waals surface area contributed by atoms with Gasteiger partial charge in [-0.1, -0.05) is 29.8 Å². The van der Waals surface area contributed by atoms with E-state index in [9.17, 15) is 33.4 Å². The molecule has 0 saturated carbocycles. The van der Waals surface area contributed by atoms with E-state index in [2.05, 4.69) is 10.6 Å². The molecule has 3 rings (SSSR count). The number of urea groups is 1. The highest BCUT2D eigenvalue weighted by atomic mass is 19.1. The molecule has 10 heteroatoms. The molecule has 0 unspecified atom stereocenters. The SMILES string of the molecule is Cc1ccc([C@H](CC(=O)O)NC(=O)Nc2c(O)ccn(Cc3cc(F)ccc3F)c2=O)cc1. The van der Waals surface area contributed by atoms with Crippen molar-refractivity contribution in [3.63, 3.8) is 0 Å². The van der Waals surface area contributed by atoms with Crippen LogP contribution in [0.4, 0.5) is 19.3 Å². The number of nitrogens with zero attached hydrogens (tertiary/aromatic N) is 1. The van der Waals surface area contributed by atoms with Crippen LogP contribution in [-0.2, 0) is 11.3 Å². The lowest BCUT2D eigenvalue weighted by Gasteiger charge is -2.18.